The van der Waals surface area contributed by atoms with Gasteiger partial charge in [-0.05, 0) is 49.4 Å². The predicted molar refractivity (Wildman–Crippen MR) is 170 cm³/mol. The van der Waals surface area contributed by atoms with E-state index in [1.165, 1.54) is 0 Å². The zero-order valence-corrected chi connectivity index (χ0v) is 25.8. The van der Waals surface area contributed by atoms with Crippen LogP contribution in [0.1, 0.15) is 37.0 Å². The van der Waals surface area contributed by atoms with E-state index in [0.717, 1.165) is 27.6 Å². The van der Waals surface area contributed by atoms with E-state index >= 15 is 0 Å². The van der Waals surface area contributed by atoms with E-state index in [4.69, 9.17) is 9.47 Å². The monoisotopic (exact) mass is 609 g/mol. The molecule has 0 radical (unpaired) electrons. The molecule has 2 amide bonds. The van der Waals surface area contributed by atoms with E-state index in [1.807, 2.05) is 103 Å². The summed E-state index contributed by atoms with van der Waals surface area (Å²) in [6, 6.07) is 24.9. The number of hydrogen-bond acceptors (Lipinski definition) is 6. The number of aromatic nitrogens is 1. The molecule has 1 aliphatic heterocycles. The summed E-state index contributed by atoms with van der Waals surface area (Å²) in [5.74, 6) is -1.73. The normalized spacial score (nSPS) is 17.6. The number of para-hydroxylation sites is 1. The Hall–Kier alpha value is -4.76. The number of ketones is 2. The highest BCUT2D eigenvalue weighted by atomic mass is 16.6. The number of aryl methyl sites for hydroxylation is 1. The molecule has 9 nitrogen and oxygen atoms in total. The molecule has 0 spiro atoms. The summed E-state index contributed by atoms with van der Waals surface area (Å²) in [5, 5.41) is 6.55. The van der Waals surface area contributed by atoms with Crippen LogP contribution >= 0.6 is 0 Å². The van der Waals surface area contributed by atoms with Gasteiger partial charge in [0.05, 0.1) is 18.7 Å². The summed E-state index contributed by atoms with van der Waals surface area (Å²) >= 11 is 0. The van der Waals surface area contributed by atoms with Crippen molar-refractivity contribution in [2.24, 2.45) is 13.0 Å². The molecular weight excluding hydrogens is 570 g/mol. The molecule has 2 N–H and O–H groups in total. The van der Waals surface area contributed by atoms with Crippen LogP contribution in [-0.2, 0) is 50.4 Å². The summed E-state index contributed by atoms with van der Waals surface area (Å²) in [6.07, 6.45) is 1.66. The van der Waals surface area contributed by atoms with Gasteiger partial charge in [0.15, 0.2) is 11.6 Å². The van der Waals surface area contributed by atoms with Crippen LogP contribution in [0.2, 0.25) is 0 Å². The molecule has 1 aliphatic rings. The highest BCUT2D eigenvalue weighted by Gasteiger charge is 2.50. The van der Waals surface area contributed by atoms with Gasteiger partial charge in [0.2, 0.25) is 5.91 Å². The first-order valence-electron chi connectivity index (χ1n) is 15.2. The van der Waals surface area contributed by atoms with E-state index < -0.39 is 35.6 Å². The third-order valence-electron chi connectivity index (χ3n) is 8.31. The SMILES string of the molecule is C[C@H](NC(=O)OCc1ccccc1)C(=O)C[C@@H](Cc1cn(C)c2ccccc12)C(=O)N[C@@H](Cc1ccccc1)C(=O)C1(C)CO1. The lowest BCUT2D eigenvalue weighted by Gasteiger charge is -2.24. The number of rotatable bonds is 14. The van der Waals surface area contributed by atoms with Gasteiger partial charge in [0.1, 0.15) is 12.2 Å². The van der Waals surface area contributed by atoms with Gasteiger partial charge < -0.3 is 24.7 Å². The third kappa shape index (κ3) is 8.05. The van der Waals surface area contributed by atoms with Crippen LogP contribution in [0.5, 0.6) is 0 Å². The smallest absolute Gasteiger partial charge is 0.408 e. The maximum absolute atomic E-state index is 14.0. The molecule has 2 heterocycles. The molecule has 1 fully saturated rings. The van der Waals surface area contributed by atoms with E-state index in [0.29, 0.717) is 13.0 Å². The number of carbonyl (C=O) groups is 4. The number of fused-ring (bicyclic) bond motifs is 1. The number of hydrogen-bond donors (Lipinski definition) is 2. The highest BCUT2D eigenvalue weighted by Crippen LogP contribution is 2.30. The van der Waals surface area contributed by atoms with Crippen molar-refractivity contribution in [3.63, 3.8) is 0 Å². The molecule has 4 aromatic rings. The van der Waals surface area contributed by atoms with Gasteiger partial charge in [0, 0.05) is 36.5 Å². The number of alkyl carbamates (subject to hydrolysis) is 1. The third-order valence-corrected chi connectivity index (χ3v) is 8.31. The topological polar surface area (TPSA) is 119 Å². The number of carbonyl (C=O) groups excluding carboxylic acids is 4. The Bertz CT molecular complexity index is 1660. The highest BCUT2D eigenvalue weighted by molar-refractivity contribution is 5.98. The summed E-state index contributed by atoms with van der Waals surface area (Å²) < 4.78 is 12.7. The maximum Gasteiger partial charge on any atom is 0.408 e. The molecule has 5 rings (SSSR count). The number of benzene rings is 3. The predicted octanol–water partition coefficient (Wildman–Crippen LogP) is 4.70. The number of Topliss-reactive ketones (excluding diaryl/α,β-unsaturated/α-hetero) is 2. The van der Waals surface area contributed by atoms with Gasteiger partial charge in [-0.2, -0.15) is 0 Å². The van der Waals surface area contributed by atoms with Crippen molar-refractivity contribution in [2.45, 2.75) is 57.4 Å². The van der Waals surface area contributed by atoms with Crippen LogP contribution in [0.4, 0.5) is 4.79 Å². The Labute approximate surface area is 262 Å². The van der Waals surface area contributed by atoms with Crippen LogP contribution in [0.15, 0.2) is 91.1 Å². The van der Waals surface area contributed by atoms with Gasteiger partial charge in [-0.3, -0.25) is 14.4 Å². The van der Waals surface area contributed by atoms with Crippen LogP contribution in [0.3, 0.4) is 0 Å². The molecular formula is C36H39N3O6. The second-order valence-corrected chi connectivity index (χ2v) is 11.9. The maximum atomic E-state index is 14.0. The van der Waals surface area contributed by atoms with Crippen molar-refractivity contribution in [3.8, 4) is 0 Å². The lowest BCUT2D eigenvalue weighted by Crippen LogP contribution is -2.50. The number of ether oxygens (including phenoxy) is 2. The molecule has 1 aromatic heterocycles. The number of nitrogens with one attached hydrogen (secondary N) is 2. The fourth-order valence-electron chi connectivity index (χ4n) is 5.52. The largest absolute Gasteiger partial charge is 0.445 e. The number of nitrogens with zero attached hydrogens (tertiary/aromatic N) is 1. The Balaban J connectivity index is 1.33. The van der Waals surface area contributed by atoms with Gasteiger partial charge in [-0.25, -0.2) is 4.79 Å². The Kier molecular flexibility index (Phi) is 9.78. The number of amides is 2. The summed E-state index contributed by atoms with van der Waals surface area (Å²) in [6.45, 7) is 3.67. The first-order valence-corrected chi connectivity index (χ1v) is 15.2. The Morgan fingerprint density at radius 3 is 2.18 bits per heavy atom. The van der Waals surface area contributed by atoms with Crippen LogP contribution in [0.25, 0.3) is 10.9 Å². The summed E-state index contributed by atoms with van der Waals surface area (Å²) in [5.41, 5.74) is 2.70. The second-order valence-electron chi connectivity index (χ2n) is 11.9. The molecule has 4 atom stereocenters. The molecule has 1 unspecified atom stereocenters. The van der Waals surface area contributed by atoms with E-state index in [1.54, 1.807) is 13.8 Å². The molecule has 3 aromatic carbocycles. The zero-order chi connectivity index (χ0) is 32.0. The molecule has 9 heteroatoms. The minimum Gasteiger partial charge on any atom is -0.445 e. The Morgan fingerprint density at radius 1 is 0.889 bits per heavy atom. The van der Waals surface area contributed by atoms with Crippen molar-refractivity contribution >= 4 is 34.5 Å². The minimum absolute atomic E-state index is 0.0686. The van der Waals surface area contributed by atoms with Crippen LogP contribution < -0.4 is 10.6 Å². The second kappa shape index (κ2) is 13.9. The van der Waals surface area contributed by atoms with Crippen molar-refractivity contribution in [1.29, 1.82) is 0 Å². The molecule has 0 saturated carbocycles. The average molecular weight is 610 g/mol. The first kappa shape index (κ1) is 31.7. The van der Waals surface area contributed by atoms with Gasteiger partial charge in [0.25, 0.3) is 0 Å². The Morgan fingerprint density at radius 2 is 1.51 bits per heavy atom. The lowest BCUT2D eigenvalue weighted by atomic mass is 9.89. The van der Waals surface area contributed by atoms with Crippen molar-refractivity contribution in [3.05, 3.63) is 108 Å². The average Bonchev–Trinajstić information content (AvgIpc) is 3.73. The van der Waals surface area contributed by atoms with E-state index in [2.05, 4.69) is 10.6 Å². The summed E-state index contributed by atoms with van der Waals surface area (Å²) in [7, 11) is 1.93. The van der Waals surface area contributed by atoms with Crippen LogP contribution in [0, 0.1) is 5.92 Å². The van der Waals surface area contributed by atoms with E-state index in [-0.39, 0.29) is 31.0 Å². The van der Waals surface area contributed by atoms with Gasteiger partial charge >= 0.3 is 6.09 Å². The van der Waals surface area contributed by atoms with Gasteiger partial charge in [-0.1, -0.05) is 78.9 Å². The molecule has 1 saturated heterocycles. The molecule has 0 bridgehead atoms. The summed E-state index contributed by atoms with van der Waals surface area (Å²) in [4.78, 5) is 53.4. The molecule has 45 heavy (non-hydrogen) atoms. The minimum atomic E-state index is -0.938. The fourth-order valence-corrected chi connectivity index (χ4v) is 5.52. The number of epoxide rings is 1. The van der Waals surface area contributed by atoms with Gasteiger partial charge in [-0.15, -0.1) is 0 Å². The van der Waals surface area contributed by atoms with Crippen molar-refractivity contribution < 1.29 is 28.7 Å². The molecule has 234 valence electrons. The zero-order valence-electron chi connectivity index (χ0n) is 25.8. The van der Waals surface area contributed by atoms with Crippen molar-refractivity contribution in [1.82, 2.24) is 15.2 Å². The van der Waals surface area contributed by atoms with Crippen molar-refractivity contribution in [2.75, 3.05) is 6.61 Å². The molecule has 0 aliphatic carbocycles. The standard InChI is InChI=1S/C36H39N3O6/c1-24(37-35(43)44-22-26-14-8-5-9-15-26)32(40)20-27(19-28-21-39(3)31-17-11-10-16-29(28)31)34(42)38-30(33(41)36(2)23-45-36)18-25-12-6-4-7-13-25/h4-17,21,24,27,30H,18-20,22-23H2,1-3H3,(H,37,43)(H,38,42)/t24-,27+,30-,36?/m0/s1. The quantitative estimate of drug-likeness (QED) is 0.200. The fraction of sp³-hybridized carbons (Fsp3) is 0.333. The van der Waals surface area contributed by atoms with E-state index in [9.17, 15) is 19.2 Å². The van der Waals surface area contributed by atoms with Crippen LogP contribution in [-0.4, -0.2) is 52.4 Å². The lowest BCUT2D eigenvalue weighted by molar-refractivity contribution is -0.134. The first-order chi connectivity index (χ1) is 21.6.